The molecule has 0 aliphatic carbocycles. The van der Waals surface area contributed by atoms with Crippen molar-refractivity contribution >= 4 is 17.5 Å². The lowest BCUT2D eigenvalue weighted by Gasteiger charge is -2.09. The summed E-state index contributed by atoms with van der Waals surface area (Å²) in [6, 6.07) is 10.8. The summed E-state index contributed by atoms with van der Waals surface area (Å²) >= 11 is 1.31. The van der Waals surface area contributed by atoms with E-state index in [1.807, 2.05) is 29.8 Å². The number of methoxy groups -OCH3 is 2. The lowest BCUT2D eigenvalue weighted by atomic mass is 10.1. The summed E-state index contributed by atoms with van der Waals surface area (Å²) in [4.78, 5) is 16.9. The van der Waals surface area contributed by atoms with Gasteiger partial charge in [0.1, 0.15) is 17.2 Å². The van der Waals surface area contributed by atoms with Gasteiger partial charge in [0.25, 0.3) is 0 Å². The van der Waals surface area contributed by atoms with Crippen molar-refractivity contribution in [3.8, 4) is 23.0 Å². The van der Waals surface area contributed by atoms with E-state index in [0.717, 1.165) is 5.69 Å². The van der Waals surface area contributed by atoms with E-state index in [-0.39, 0.29) is 11.5 Å². The Bertz CT molecular complexity index is 912. The molecule has 0 fully saturated rings. The van der Waals surface area contributed by atoms with Crippen molar-refractivity contribution in [2.45, 2.75) is 5.16 Å². The SMILES string of the molecule is COc1ccc(OC)c(C(=O)CSc2nnc(-c3ccccn3)n2C)c1. The fourth-order valence-corrected chi connectivity index (χ4v) is 3.19. The molecule has 3 rings (SSSR count). The van der Waals surface area contributed by atoms with Crippen LogP contribution in [0.2, 0.25) is 0 Å². The molecule has 0 N–H and O–H groups in total. The zero-order valence-electron chi connectivity index (χ0n) is 14.7. The first-order chi connectivity index (χ1) is 12.6. The van der Waals surface area contributed by atoms with Crippen LogP contribution in [0.5, 0.6) is 11.5 Å². The van der Waals surface area contributed by atoms with E-state index in [9.17, 15) is 4.79 Å². The molecule has 0 unspecified atom stereocenters. The number of carbonyl (C=O) groups is 1. The number of aromatic nitrogens is 4. The normalized spacial score (nSPS) is 10.6. The van der Waals surface area contributed by atoms with Crippen LogP contribution in [-0.4, -0.2) is 45.5 Å². The molecule has 26 heavy (non-hydrogen) atoms. The van der Waals surface area contributed by atoms with Gasteiger partial charge >= 0.3 is 0 Å². The smallest absolute Gasteiger partial charge is 0.191 e. The van der Waals surface area contributed by atoms with Gasteiger partial charge in [-0.3, -0.25) is 9.78 Å². The molecule has 0 amide bonds. The third-order valence-electron chi connectivity index (χ3n) is 3.77. The van der Waals surface area contributed by atoms with Crippen molar-refractivity contribution in [1.29, 1.82) is 0 Å². The van der Waals surface area contributed by atoms with Crippen molar-refractivity contribution in [2.75, 3.05) is 20.0 Å². The summed E-state index contributed by atoms with van der Waals surface area (Å²) in [6.45, 7) is 0. The molecule has 134 valence electrons. The van der Waals surface area contributed by atoms with E-state index in [4.69, 9.17) is 9.47 Å². The number of carbonyl (C=O) groups excluding carboxylic acids is 1. The fourth-order valence-electron chi connectivity index (χ4n) is 2.40. The van der Waals surface area contributed by atoms with E-state index < -0.39 is 0 Å². The van der Waals surface area contributed by atoms with Gasteiger partial charge in [0, 0.05) is 13.2 Å². The van der Waals surface area contributed by atoms with Crippen molar-refractivity contribution in [3.63, 3.8) is 0 Å². The Kier molecular flexibility index (Phi) is 5.52. The average Bonchev–Trinajstić information content (AvgIpc) is 3.06. The van der Waals surface area contributed by atoms with Crippen LogP contribution in [0.25, 0.3) is 11.5 Å². The second kappa shape index (κ2) is 8.01. The highest BCUT2D eigenvalue weighted by atomic mass is 32.2. The van der Waals surface area contributed by atoms with Crippen LogP contribution in [0, 0.1) is 0 Å². The van der Waals surface area contributed by atoms with Crippen molar-refractivity contribution in [3.05, 3.63) is 48.2 Å². The van der Waals surface area contributed by atoms with Crippen LogP contribution in [0.1, 0.15) is 10.4 Å². The Hall–Kier alpha value is -2.87. The lowest BCUT2D eigenvalue weighted by molar-refractivity contribution is 0.101. The second-order valence-electron chi connectivity index (χ2n) is 5.36. The van der Waals surface area contributed by atoms with Gasteiger partial charge in [-0.2, -0.15) is 0 Å². The third-order valence-corrected chi connectivity index (χ3v) is 4.79. The molecule has 0 atom stereocenters. The lowest BCUT2D eigenvalue weighted by Crippen LogP contribution is -2.06. The number of pyridine rings is 1. The van der Waals surface area contributed by atoms with Gasteiger partial charge in [0.15, 0.2) is 16.8 Å². The van der Waals surface area contributed by atoms with Crippen molar-refractivity contribution < 1.29 is 14.3 Å². The Labute approximate surface area is 155 Å². The summed E-state index contributed by atoms with van der Waals surface area (Å²) in [5.74, 6) is 1.91. The molecule has 2 heterocycles. The zero-order valence-corrected chi connectivity index (χ0v) is 15.5. The minimum atomic E-state index is -0.0758. The Morgan fingerprint density at radius 2 is 2.00 bits per heavy atom. The maximum Gasteiger partial charge on any atom is 0.191 e. The predicted molar refractivity (Wildman–Crippen MR) is 98.8 cm³/mol. The molecule has 0 radical (unpaired) electrons. The molecule has 0 spiro atoms. The summed E-state index contributed by atoms with van der Waals surface area (Å²) in [5, 5.41) is 8.97. The monoisotopic (exact) mass is 370 g/mol. The first kappa shape index (κ1) is 17.9. The van der Waals surface area contributed by atoms with Gasteiger partial charge < -0.3 is 14.0 Å². The first-order valence-electron chi connectivity index (χ1n) is 7.83. The maximum atomic E-state index is 12.6. The summed E-state index contributed by atoms with van der Waals surface area (Å²) in [6.07, 6.45) is 1.70. The molecule has 8 heteroatoms. The first-order valence-corrected chi connectivity index (χ1v) is 8.81. The molecule has 0 aliphatic heterocycles. The van der Waals surface area contributed by atoms with Gasteiger partial charge in [0.2, 0.25) is 0 Å². The largest absolute Gasteiger partial charge is 0.497 e. The number of ether oxygens (including phenoxy) is 2. The van der Waals surface area contributed by atoms with Gasteiger partial charge in [-0.25, -0.2) is 0 Å². The number of hydrogen-bond acceptors (Lipinski definition) is 7. The molecular weight excluding hydrogens is 352 g/mol. The number of nitrogens with zero attached hydrogens (tertiary/aromatic N) is 4. The quantitative estimate of drug-likeness (QED) is 0.467. The minimum absolute atomic E-state index is 0.0758. The van der Waals surface area contributed by atoms with Crippen LogP contribution in [0.3, 0.4) is 0 Å². The molecule has 0 bridgehead atoms. The summed E-state index contributed by atoms with van der Waals surface area (Å²) in [7, 11) is 4.94. The van der Waals surface area contributed by atoms with E-state index in [2.05, 4.69) is 15.2 Å². The summed E-state index contributed by atoms with van der Waals surface area (Å²) < 4.78 is 12.3. The van der Waals surface area contributed by atoms with Crippen LogP contribution in [0.4, 0.5) is 0 Å². The topological polar surface area (TPSA) is 79.1 Å². The second-order valence-corrected chi connectivity index (χ2v) is 6.30. The van der Waals surface area contributed by atoms with Gasteiger partial charge in [-0.1, -0.05) is 17.8 Å². The van der Waals surface area contributed by atoms with E-state index >= 15 is 0 Å². The number of Topliss-reactive ketones (excluding diaryl/α,β-unsaturated/α-hetero) is 1. The molecular formula is C18H18N4O3S. The predicted octanol–water partition coefficient (Wildman–Crippen LogP) is 2.87. The number of benzene rings is 1. The van der Waals surface area contributed by atoms with Crippen LogP contribution in [-0.2, 0) is 7.05 Å². The zero-order chi connectivity index (χ0) is 18.5. The minimum Gasteiger partial charge on any atom is -0.497 e. The number of hydrogen-bond donors (Lipinski definition) is 0. The van der Waals surface area contributed by atoms with Gasteiger partial charge in [0.05, 0.1) is 25.5 Å². The Morgan fingerprint density at radius 1 is 1.15 bits per heavy atom. The Balaban J connectivity index is 1.76. The molecule has 2 aromatic heterocycles. The highest BCUT2D eigenvalue weighted by Crippen LogP contribution is 2.27. The highest BCUT2D eigenvalue weighted by Gasteiger charge is 2.17. The third kappa shape index (κ3) is 3.70. The number of rotatable bonds is 7. The van der Waals surface area contributed by atoms with Crippen molar-refractivity contribution in [2.24, 2.45) is 7.05 Å². The Morgan fingerprint density at radius 3 is 2.69 bits per heavy atom. The molecule has 0 saturated heterocycles. The standard InChI is InChI=1S/C18H18N4O3S/c1-22-17(14-6-4-5-9-19-14)20-21-18(22)26-11-15(23)13-10-12(24-2)7-8-16(13)25-3/h4-10H,11H2,1-3H3. The van der Waals surface area contributed by atoms with Crippen LogP contribution < -0.4 is 9.47 Å². The van der Waals surface area contributed by atoms with Crippen LogP contribution >= 0.6 is 11.8 Å². The number of thioether (sulfide) groups is 1. The maximum absolute atomic E-state index is 12.6. The number of ketones is 1. The molecule has 0 aliphatic rings. The molecule has 3 aromatic rings. The molecule has 7 nitrogen and oxygen atoms in total. The van der Waals surface area contributed by atoms with E-state index in [0.29, 0.717) is 28.0 Å². The van der Waals surface area contributed by atoms with Gasteiger partial charge in [-0.05, 0) is 30.3 Å². The van der Waals surface area contributed by atoms with E-state index in [1.54, 1.807) is 31.5 Å². The average molecular weight is 370 g/mol. The van der Waals surface area contributed by atoms with Crippen LogP contribution in [0.15, 0.2) is 47.8 Å². The highest BCUT2D eigenvalue weighted by molar-refractivity contribution is 7.99. The van der Waals surface area contributed by atoms with E-state index in [1.165, 1.54) is 18.9 Å². The van der Waals surface area contributed by atoms with Crippen molar-refractivity contribution in [1.82, 2.24) is 19.7 Å². The fraction of sp³-hybridized carbons (Fsp3) is 0.222. The summed E-state index contributed by atoms with van der Waals surface area (Å²) in [5.41, 5.74) is 1.21. The molecule has 0 saturated carbocycles. The van der Waals surface area contributed by atoms with Gasteiger partial charge in [-0.15, -0.1) is 10.2 Å². The molecule has 1 aromatic carbocycles.